The highest BCUT2D eigenvalue weighted by Gasteiger charge is 2.17. The zero-order valence-electron chi connectivity index (χ0n) is 20.6. The number of methoxy groups -OCH3 is 1. The van der Waals surface area contributed by atoms with Crippen LogP contribution in [0.25, 0.3) is 0 Å². The number of rotatable bonds is 12. The van der Waals surface area contributed by atoms with E-state index in [9.17, 15) is 9.90 Å². The van der Waals surface area contributed by atoms with E-state index < -0.39 is 18.0 Å². The van der Waals surface area contributed by atoms with Gasteiger partial charge in [0, 0.05) is 30.1 Å². The molecule has 0 bridgehead atoms. The van der Waals surface area contributed by atoms with E-state index in [-0.39, 0.29) is 17.9 Å². The van der Waals surface area contributed by atoms with Gasteiger partial charge in [-0.3, -0.25) is 4.79 Å². The van der Waals surface area contributed by atoms with Crippen LogP contribution in [0.2, 0.25) is 0 Å². The monoisotopic (exact) mass is 489 g/mol. The number of carboxylic acid groups (broad SMARTS) is 2. The number of benzene rings is 2. The Morgan fingerprint density at radius 1 is 1.03 bits per heavy atom. The number of β-amino-alcohol motifs (C(OH)–C–C–N with tert-alkyl or cyclic N) is 1. The van der Waals surface area contributed by atoms with Gasteiger partial charge in [-0.25, -0.2) is 9.59 Å². The molecule has 4 N–H and O–H groups in total. The predicted octanol–water partition coefficient (Wildman–Crippen LogP) is 3.18. The molecular formula is C26H35NO8. The van der Waals surface area contributed by atoms with Crippen LogP contribution in [-0.2, 0) is 16.0 Å². The average molecular weight is 490 g/mol. The highest BCUT2D eigenvalue weighted by molar-refractivity contribution is 6.27. The Hall–Kier alpha value is -3.43. The lowest BCUT2D eigenvalue weighted by Crippen LogP contribution is -2.44. The lowest BCUT2D eigenvalue weighted by molar-refractivity contribution is -0.159. The van der Waals surface area contributed by atoms with E-state index in [1.54, 1.807) is 13.2 Å². The van der Waals surface area contributed by atoms with E-state index in [2.05, 4.69) is 26.1 Å². The number of nitrogens with one attached hydrogen (secondary N) is 1. The van der Waals surface area contributed by atoms with Gasteiger partial charge in [0.15, 0.2) is 5.78 Å². The Labute approximate surface area is 205 Å². The Morgan fingerprint density at radius 3 is 2.20 bits per heavy atom. The molecule has 0 aliphatic heterocycles. The lowest BCUT2D eigenvalue weighted by atomic mass is 10.0. The molecule has 0 heterocycles. The van der Waals surface area contributed by atoms with Crippen LogP contribution in [0.3, 0.4) is 0 Å². The van der Waals surface area contributed by atoms with Crippen molar-refractivity contribution in [1.29, 1.82) is 0 Å². The number of carbonyl (C=O) groups is 3. The molecule has 9 nitrogen and oxygen atoms in total. The second kappa shape index (κ2) is 14.7. The quantitative estimate of drug-likeness (QED) is 0.261. The van der Waals surface area contributed by atoms with Gasteiger partial charge in [-0.15, -0.1) is 0 Å². The zero-order chi connectivity index (χ0) is 26.4. The number of aryl methyl sites for hydroxylation is 1. The van der Waals surface area contributed by atoms with Crippen molar-refractivity contribution in [2.75, 3.05) is 20.3 Å². The maximum atomic E-state index is 12.4. The third-order valence-corrected chi connectivity index (χ3v) is 5.31. The highest BCUT2D eigenvalue weighted by atomic mass is 16.5. The number of ether oxygens (including phenoxy) is 2. The van der Waals surface area contributed by atoms with E-state index in [4.69, 9.17) is 29.3 Å². The summed E-state index contributed by atoms with van der Waals surface area (Å²) in [6.45, 7) is 6.93. The minimum Gasteiger partial charge on any atom is -0.497 e. The molecule has 2 rings (SSSR count). The molecule has 0 amide bonds. The minimum atomic E-state index is -1.82. The molecule has 1 unspecified atom stereocenters. The predicted molar refractivity (Wildman–Crippen MR) is 131 cm³/mol. The van der Waals surface area contributed by atoms with Crippen LogP contribution in [0, 0.1) is 0 Å². The molecular weight excluding hydrogens is 454 g/mol. The number of Topliss-reactive ketones (excluding diaryl/α,β-unsaturated/α-hetero) is 1. The maximum absolute atomic E-state index is 12.4. The second-order valence-corrected chi connectivity index (χ2v) is 8.46. The van der Waals surface area contributed by atoms with Crippen LogP contribution in [0.5, 0.6) is 11.5 Å². The van der Waals surface area contributed by atoms with E-state index in [0.717, 1.165) is 12.0 Å². The molecule has 0 fully saturated rings. The Bertz CT molecular complexity index is 947. The largest absolute Gasteiger partial charge is 0.497 e. The van der Waals surface area contributed by atoms with Crippen molar-refractivity contribution in [3.05, 3.63) is 59.7 Å². The molecule has 0 spiro atoms. The first kappa shape index (κ1) is 29.6. The molecule has 0 saturated heterocycles. The van der Waals surface area contributed by atoms with Crippen molar-refractivity contribution < 1.29 is 39.2 Å². The fraction of sp³-hybridized carbons (Fsp3) is 0.423. The number of carboxylic acids is 2. The van der Waals surface area contributed by atoms with Crippen LogP contribution in [-0.4, -0.2) is 64.9 Å². The minimum absolute atomic E-state index is 0.0279. The third kappa shape index (κ3) is 11.5. The van der Waals surface area contributed by atoms with Gasteiger partial charge >= 0.3 is 11.9 Å². The summed E-state index contributed by atoms with van der Waals surface area (Å²) in [7, 11) is 1.60. The van der Waals surface area contributed by atoms with Gasteiger partial charge in [0.1, 0.15) is 24.2 Å². The molecule has 0 saturated carbocycles. The maximum Gasteiger partial charge on any atom is 0.414 e. The fourth-order valence-electron chi connectivity index (χ4n) is 2.78. The van der Waals surface area contributed by atoms with Crippen molar-refractivity contribution in [3.8, 4) is 11.5 Å². The van der Waals surface area contributed by atoms with Gasteiger partial charge in [0.2, 0.25) is 0 Å². The Morgan fingerprint density at radius 2 is 1.66 bits per heavy atom. The third-order valence-electron chi connectivity index (χ3n) is 5.31. The van der Waals surface area contributed by atoms with Crippen molar-refractivity contribution in [2.45, 2.75) is 51.7 Å². The fourth-order valence-corrected chi connectivity index (χ4v) is 2.78. The van der Waals surface area contributed by atoms with E-state index in [1.165, 1.54) is 0 Å². The summed E-state index contributed by atoms with van der Waals surface area (Å²) < 4.78 is 11.2. The van der Waals surface area contributed by atoms with Crippen molar-refractivity contribution >= 4 is 17.7 Å². The standard InChI is InChI=1S/C24H33NO4.C2H2O4/c1-5-24(2,3)25-16-20(26)17-29-23-15-21(28-4)13-11-19(23)12-14-22(27)18-9-7-6-8-10-18;3-1(4)2(5)6/h6-11,13,15,20,25-26H,5,12,14,16-17H2,1-4H3;(H,3,4)(H,5,6). The topological polar surface area (TPSA) is 142 Å². The molecule has 0 radical (unpaired) electrons. The summed E-state index contributed by atoms with van der Waals surface area (Å²) in [5, 5.41) is 28.4. The molecule has 9 heteroatoms. The highest BCUT2D eigenvalue weighted by Crippen LogP contribution is 2.26. The Kier molecular flexibility index (Phi) is 12.5. The second-order valence-electron chi connectivity index (χ2n) is 8.46. The van der Waals surface area contributed by atoms with Crippen LogP contribution >= 0.6 is 0 Å². The van der Waals surface area contributed by atoms with Gasteiger partial charge in [-0.2, -0.15) is 0 Å². The molecule has 0 aliphatic carbocycles. The van der Waals surface area contributed by atoms with Gasteiger partial charge < -0.3 is 30.1 Å². The zero-order valence-corrected chi connectivity index (χ0v) is 20.6. The molecule has 2 aromatic carbocycles. The van der Waals surface area contributed by atoms with E-state index >= 15 is 0 Å². The summed E-state index contributed by atoms with van der Waals surface area (Å²) in [4.78, 5) is 30.6. The van der Waals surface area contributed by atoms with Gasteiger partial charge in [-0.05, 0) is 38.3 Å². The average Bonchev–Trinajstić information content (AvgIpc) is 2.85. The van der Waals surface area contributed by atoms with Gasteiger partial charge in [-0.1, -0.05) is 43.3 Å². The van der Waals surface area contributed by atoms with Gasteiger partial charge in [0.25, 0.3) is 0 Å². The molecule has 2 aromatic rings. The summed E-state index contributed by atoms with van der Waals surface area (Å²) in [6.07, 6.45) is 1.28. The molecule has 0 aliphatic rings. The van der Waals surface area contributed by atoms with E-state index in [0.29, 0.717) is 36.4 Å². The van der Waals surface area contributed by atoms with Crippen LogP contribution in [0.15, 0.2) is 48.5 Å². The normalized spacial score (nSPS) is 11.6. The van der Waals surface area contributed by atoms with Crippen LogP contribution in [0.4, 0.5) is 0 Å². The first-order valence-corrected chi connectivity index (χ1v) is 11.3. The smallest absolute Gasteiger partial charge is 0.414 e. The number of hydrogen-bond acceptors (Lipinski definition) is 7. The number of aliphatic hydroxyl groups is 1. The number of hydrogen-bond donors (Lipinski definition) is 4. The SMILES string of the molecule is CCC(C)(C)NCC(O)COc1cc(OC)ccc1CCC(=O)c1ccccc1.O=C(O)C(=O)O. The first-order valence-electron chi connectivity index (χ1n) is 11.3. The molecule has 35 heavy (non-hydrogen) atoms. The number of aliphatic carboxylic acids is 2. The summed E-state index contributed by atoms with van der Waals surface area (Å²) >= 11 is 0. The molecule has 192 valence electrons. The number of aliphatic hydroxyl groups excluding tert-OH is 1. The first-order chi connectivity index (χ1) is 16.5. The summed E-state index contributed by atoms with van der Waals surface area (Å²) in [6, 6.07) is 14.9. The molecule has 0 aromatic heterocycles. The van der Waals surface area contributed by atoms with Crippen molar-refractivity contribution in [1.82, 2.24) is 5.32 Å². The molecule has 1 atom stereocenters. The van der Waals surface area contributed by atoms with Crippen LogP contribution < -0.4 is 14.8 Å². The number of carbonyl (C=O) groups excluding carboxylic acids is 1. The van der Waals surface area contributed by atoms with E-state index in [1.807, 2.05) is 42.5 Å². The van der Waals surface area contributed by atoms with Crippen molar-refractivity contribution in [2.24, 2.45) is 0 Å². The van der Waals surface area contributed by atoms with Crippen LogP contribution in [0.1, 0.15) is 49.5 Å². The van der Waals surface area contributed by atoms with Crippen molar-refractivity contribution in [3.63, 3.8) is 0 Å². The summed E-state index contributed by atoms with van der Waals surface area (Å²) in [5.41, 5.74) is 1.60. The number of ketones is 1. The lowest BCUT2D eigenvalue weighted by Gasteiger charge is -2.26. The Balaban J connectivity index is 0.000000905. The summed E-state index contributed by atoms with van der Waals surface area (Å²) in [5.74, 6) is -2.24. The van der Waals surface area contributed by atoms with Gasteiger partial charge in [0.05, 0.1) is 7.11 Å².